The Morgan fingerprint density at radius 1 is 0.615 bits per heavy atom. The van der Waals surface area contributed by atoms with E-state index in [2.05, 4.69) is 18.4 Å². The largest absolute Gasteiger partial charge is 0.472 e. The SMILES string of the molecule is CCCCCCCCCCCCCCCCCC(=O)OC[C@H](COP(=O)(O)OC)OC(=O)CCCCCCC. The Hall–Kier alpha value is -0.950. The van der Waals surface area contributed by atoms with Crippen LogP contribution in [0.2, 0.25) is 0 Å². The number of esters is 2. The summed E-state index contributed by atoms with van der Waals surface area (Å²) in [7, 11) is -3.18. The van der Waals surface area contributed by atoms with Gasteiger partial charge >= 0.3 is 19.8 Å². The molecule has 0 heterocycles. The molecule has 0 saturated heterocycles. The third-order valence-corrected chi connectivity index (χ3v) is 7.79. The van der Waals surface area contributed by atoms with Gasteiger partial charge in [-0.1, -0.05) is 129 Å². The van der Waals surface area contributed by atoms with Gasteiger partial charge in [0.2, 0.25) is 0 Å². The van der Waals surface area contributed by atoms with Crippen molar-refractivity contribution in [3.05, 3.63) is 0 Å². The monoisotopic (exact) mass is 578 g/mol. The summed E-state index contributed by atoms with van der Waals surface area (Å²) in [5, 5.41) is 0. The number of hydrogen-bond donors (Lipinski definition) is 1. The lowest BCUT2D eigenvalue weighted by atomic mass is 10.0. The number of phosphoric acid groups is 1. The van der Waals surface area contributed by atoms with Gasteiger partial charge in [-0.15, -0.1) is 0 Å². The van der Waals surface area contributed by atoms with Crippen LogP contribution in [0.25, 0.3) is 0 Å². The molecular formula is C30H59O8P. The number of unbranched alkanes of at least 4 members (excludes halogenated alkanes) is 18. The van der Waals surface area contributed by atoms with Crippen LogP contribution in [0.1, 0.15) is 155 Å². The second kappa shape index (κ2) is 27.2. The Balaban J connectivity index is 3.96. The quantitative estimate of drug-likeness (QED) is 0.0533. The van der Waals surface area contributed by atoms with Gasteiger partial charge < -0.3 is 14.4 Å². The summed E-state index contributed by atoms with van der Waals surface area (Å²) in [6, 6.07) is 0. The highest BCUT2D eigenvalue weighted by atomic mass is 31.2. The summed E-state index contributed by atoms with van der Waals surface area (Å²) in [6.07, 6.45) is 23.4. The molecule has 8 nitrogen and oxygen atoms in total. The maximum atomic E-state index is 12.2. The van der Waals surface area contributed by atoms with E-state index in [1.807, 2.05) is 0 Å². The van der Waals surface area contributed by atoms with E-state index in [1.165, 1.54) is 77.0 Å². The second-order valence-corrected chi connectivity index (χ2v) is 12.2. The van der Waals surface area contributed by atoms with Crippen molar-refractivity contribution in [3.63, 3.8) is 0 Å². The summed E-state index contributed by atoms with van der Waals surface area (Å²) >= 11 is 0. The molecule has 0 aliphatic heterocycles. The first-order valence-corrected chi connectivity index (χ1v) is 17.2. The van der Waals surface area contributed by atoms with Crippen LogP contribution in [0.3, 0.4) is 0 Å². The molecule has 0 aromatic carbocycles. The summed E-state index contributed by atoms with van der Waals surface area (Å²) in [4.78, 5) is 33.8. The average molecular weight is 579 g/mol. The third kappa shape index (κ3) is 27.0. The highest BCUT2D eigenvalue weighted by Gasteiger charge is 2.24. The smallest absolute Gasteiger partial charge is 0.462 e. The summed E-state index contributed by atoms with van der Waals surface area (Å²) in [6.45, 7) is 3.77. The van der Waals surface area contributed by atoms with E-state index < -0.39 is 26.5 Å². The van der Waals surface area contributed by atoms with Crippen LogP contribution in [0, 0.1) is 0 Å². The van der Waals surface area contributed by atoms with Crippen LogP contribution >= 0.6 is 7.82 Å². The van der Waals surface area contributed by atoms with Crippen molar-refractivity contribution in [2.24, 2.45) is 0 Å². The molecule has 1 unspecified atom stereocenters. The Labute approximate surface area is 238 Å². The maximum absolute atomic E-state index is 12.2. The van der Waals surface area contributed by atoms with Crippen molar-refractivity contribution in [2.75, 3.05) is 20.3 Å². The molecule has 0 saturated carbocycles. The standard InChI is InChI=1S/C30H59O8P/c1-4-6-8-10-11-12-13-14-15-16-17-18-19-21-22-24-29(31)36-26-28(27-37-39(33,34)35-3)38-30(32)25-23-20-9-7-5-2/h28H,4-27H2,1-3H3,(H,33,34)/t28-/m1/s1. The predicted octanol–water partition coefficient (Wildman–Crippen LogP) is 8.83. The molecule has 0 radical (unpaired) electrons. The van der Waals surface area contributed by atoms with Crippen LogP contribution < -0.4 is 0 Å². The van der Waals surface area contributed by atoms with Gasteiger partial charge in [-0.2, -0.15) is 0 Å². The molecule has 0 aliphatic rings. The lowest BCUT2D eigenvalue weighted by molar-refractivity contribution is -0.161. The number of rotatable bonds is 29. The molecule has 0 spiro atoms. The van der Waals surface area contributed by atoms with Crippen LogP contribution in [0.4, 0.5) is 0 Å². The predicted molar refractivity (Wildman–Crippen MR) is 157 cm³/mol. The number of carbonyl (C=O) groups excluding carboxylic acids is 2. The molecule has 0 aromatic rings. The van der Waals surface area contributed by atoms with E-state index in [0.29, 0.717) is 12.8 Å². The third-order valence-electron chi connectivity index (χ3n) is 6.85. The van der Waals surface area contributed by atoms with Crippen LogP contribution in [0.15, 0.2) is 0 Å². The van der Waals surface area contributed by atoms with E-state index in [0.717, 1.165) is 52.1 Å². The van der Waals surface area contributed by atoms with Gasteiger partial charge in [-0.05, 0) is 12.8 Å². The molecular weight excluding hydrogens is 519 g/mol. The fourth-order valence-electron chi connectivity index (χ4n) is 4.36. The number of hydrogen-bond acceptors (Lipinski definition) is 7. The maximum Gasteiger partial charge on any atom is 0.472 e. The fraction of sp³-hybridized carbons (Fsp3) is 0.933. The average Bonchev–Trinajstić information content (AvgIpc) is 2.92. The van der Waals surface area contributed by atoms with Crippen molar-refractivity contribution < 1.29 is 37.6 Å². The Kier molecular flexibility index (Phi) is 26.6. The Morgan fingerprint density at radius 3 is 1.41 bits per heavy atom. The number of ether oxygens (including phenoxy) is 2. The van der Waals surface area contributed by atoms with Gasteiger partial charge in [0, 0.05) is 20.0 Å². The highest BCUT2D eigenvalue weighted by Crippen LogP contribution is 2.42. The first-order valence-electron chi connectivity index (χ1n) is 15.7. The lowest BCUT2D eigenvalue weighted by Gasteiger charge is -2.19. The molecule has 0 bridgehead atoms. The van der Waals surface area contributed by atoms with E-state index in [4.69, 9.17) is 14.0 Å². The summed E-state index contributed by atoms with van der Waals surface area (Å²) in [5.74, 6) is -0.812. The molecule has 39 heavy (non-hydrogen) atoms. The molecule has 2 atom stereocenters. The fourth-order valence-corrected chi connectivity index (χ4v) is 4.82. The van der Waals surface area contributed by atoms with Crippen LogP contribution in [0.5, 0.6) is 0 Å². The highest BCUT2D eigenvalue weighted by molar-refractivity contribution is 7.47. The normalized spacial score (nSPS) is 13.6. The van der Waals surface area contributed by atoms with Gasteiger partial charge in [0.15, 0.2) is 6.10 Å². The molecule has 232 valence electrons. The number of carbonyl (C=O) groups is 2. The van der Waals surface area contributed by atoms with E-state index in [-0.39, 0.29) is 19.0 Å². The van der Waals surface area contributed by atoms with Gasteiger partial charge in [0.1, 0.15) is 6.61 Å². The molecule has 0 aromatic heterocycles. The van der Waals surface area contributed by atoms with Gasteiger partial charge in [0.05, 0.1) is 6.61 Å². The minimum Gasteiger partial charge on any atom is -0.462 e. The van der Waals surface area contributed by atoms with E-state index >= 15 is 0 Å². The van der Waals surface area contributed by atoms with Gasteiger partial charge in [0.25, 0.3) is 0 Å². The first-order chi connectivity index (χ1) is 18.8. The van der Waals surface area contributed by atoms with E-state index in [9.17, 15) is 19.0 Å². The molecule has 9 heteroatoms. The Morgan fingerprint density at radius 2 is 1.00 bits per heavy atom. The van der Waals surface area contributed by atoms with Gasteiger partial charge in [-0.25, -0.2) is 4.57 Å². The molecule has 0 rings (SSSR count). The van der Waals surface area contributed by atoms with Crippen molar-refractivity contribution in [1.82, 2.24) is 0 Å². The first kappa shape index (κ1) is 38.0. The van der Waals surface area contributed by atoms with Crippen molar-refractivity contribution in [2.45, 2.75) is 161 Å². The minimum absolute atomic E-state index is 0.219. The molecule has 0 amide bonds. The zero-order valence-corrected chi connectivity index (χ0v) is 26.2. The van der Waals surface area contributed by atoms with Crippen LogP contribution in [-0.4, -0.2) is 43.3 Å². The lowest BCUT2D eigenvalue weighted by Crippen LogP contribution is -2.29. The molecule has 0 fully saturated rings. The van der Waals surface area contributed by atoms with Crippen molar-refractivity contribution >= 4 is 19.8 Å². The van der Waals surface area contributed by atoms with Crippen molar-refractivity contribution in [1.29, 1.82) is 0 Å². The zero-order chi connectivity index (χ0) is 29.0. The molecule has 0 aliphatic carbocycles. The summed E-state index contributed by atoms with van der Waals surface area (Å²) < 4.78 is 31.5. The Bertz CT molecular complexity index is 628. The number of phosphoric ester groups is 1. The topological polar surface area (TPSA) is 108 Å². The summed E-state index contributed by atoms with van der Waals surface area (Å²) in [5.41, 5.74) is 0. The minimum atomic E-state index is -4.23. The van der Waals surface area contributed by atoms with Crippen molar-refractivity contribution in [3.8, 4) is 0 Å². The second-order valence-electron chi connectivity index (χ2n) is 10.6. The van der Waals surface area contributed by atoms with E-state index in [1.54, 1.807) is 0 Å². The van der Waals surface area contributed by atoms with Gasteiger partial charge in [-0.3, -0.25) is 18.6 Å². The van der Waals surface area contributed by atoms with Crippen LogP contribution in [-0.2, 0) is 32.7 Å². The zero-order valence-electron chi connectivity index (χ0n) is 25.3. The molecule has 1 N–H and O–H groups in total.